The number of rotatable bonds is 4. The maximum absolute atomic E-state index is 4.20. The number of pyridine rings is 1. The van der Waals surface area contributed by atoms with Gasteiger partial charge in [0.25, 0.3) is 0 Å². The van der Waals surface area contributed by atoms with E-state index in [-0.39, 0.29) is 0 Å². The van der Waals surface area contributed by atoms with Crippen LogP contribution in [-0.4, -0.2) is 25.1 Å². The molecule has 1 aliphatic heterocycles. The minimum absolute atomic E-state index is 0.991. The highest BCUT2D eigenvalue weighted by atomic mass is 15.1. The van der Waals surface area contributed by atoms with E-state index in [1.54, 1.807) is 0 Å². The molecule has 2 aromatic rings. The molecular weight excluding hydrogens is 248 g/mol. The van der Waals surface area contributed by atoms with Crippen molar-refractivity contribution in [2.24, 2.45) is 0 Å². The van der Waals surface area contributed by atoms with E-state index in [2.05, 4.69) is 44.8 Å². The topological polar surface area (TPSA) is 40.2 Å². The van der Waals surface area contributed by atoms with Crippen LogP contribution in [-0.2, 0) is 0 Å². The second-order valence-electron chi connectivity index (χ2n) is 5.08. The molecule has 0 atom stereocenters. The Balaban J connectivity index is 1.71. The summed E-state index contributed by atoms with van der Waals surface area (Å²) in [7, 11) is 1.89. The Hall–Kier alpha value is -2.23. The predicted molar refractivity (Wildman–Crippen MR) is 85.0 cm³/mol. The van der Waals surface area contributed by atoms with Crippen LogP contribution in [0, 0.1) is 0 Å². The molecule has 1 aliphatic rings. The van der Waals surface area contributed by atoms with Crippen LogP contribution >= 0.6 is 0 Å². The zero-order chi connectivity index (χ0) is 13.8. The number of benzene rings is 1. The summed E-state index contributed by atoms with van der Waals surface area (Å²) in [5.74, 6) is 0. The highest BCUT2D eigenvalue weighted by molar-refractivity contribution is 5.65. The molecule has 0 bridgehead atoms. The standard InChI is InChI=1S/C16H20N4/c1-17-14-10-15(12-18-11-14)19-13-4-6-16(7-5-13)20-8-2-3-9-20/h4-7,10-12,17,19H,2-3,8-9H2,1H3. The van der Waals surface area contributed by atoms with E-state index in [1.165, 1.54) is 31.6 Å². The van der Waals surface area contributed by atoms with Crippen LogP contribution in [0.4, 0.5) is 22.7 Å². The van der Waals surface area contributed by atoms with Crippen molar-refractivity contribution in [3.8, 4) is 0 Å². The van der Waals surface area contributed by atoms with Gasteiger partial charge >= 0.3 is 0 Å². The van der Waals surface area contributed by atoms with Gasteiger partial charge in [0.2, 0.25) is 0 Å². The van der Waals surface area contributed by atoms with Crippen molar-refractivity contribution < 1.29 is 0 Å². The third-order valence-corrected chi connectivity index (χ3v) is 3.65. The summed E-state index contributed by atoms with van der Waals surface area (Å²) in [6, 6.07) is 10.7. The van der Waals surface area contributed by atoms with Crippen molar-refractivity contribution in [1.82, 2.24) is 4.98 Å². The van der Waals surface area contributed by atoms with Gasteiger partial charge in [-0.15, -0.1) is 0 Å². The van der Waals surface area contributed by atoms with Crippen molar-refractivity contribution in [2.75, 3.05) is 35.7 Å². The van der Waals surface area contributed by atoms with E-state index in [9.17, 15) is 0 Å². The molecule has 0 saturated carbocycles. The number of anilines is 4. The molecule has 1 aromatic carbocycles. The maximum Gasteiger partial charge on any atom is 0.0591 e. The monoisotopic (exact) mass is 268 g/mol. The van der Waals surface area contributed by atoms with Gasteiger partial charge in [-0.1, -0.05) is 0 Å². The number of nitrogens with one attached hydrogen (secondary N) is 2. The lowest BCUT2D eigenvalue weighted by molar-refractivity contribution is 0.949. The summed E-state index contributed by atoms with van der Waals surface area (Å²) in [4.78, 5) is 6.64. The van der Waals surface area contributed by atoms with Gasteiger partial charge in [-0.2, -0.15) is 0 Å². The Morgan fingerprint density at radius 2 is 1.65 bits per heavy atom. The van der Waals surface area contributed by atoms with Gasteiger partial charge in [0.05, 0.1) is 23.8 Å². The molecule has 1 aromatic heterocycles. The van der Waals surface area contributed by atoms with Crippen molar-refractivity contribution >= 4 is 22.7 Å². The molecule has 4 heteroatoms. The van der Waals surface area contributed by atoms with Crippen LogP contribution in [0.15, 0.2) is 42.7 Å². The molecule has 4 nitrogen and oxygen atoms in total. The smallest absolute Gasteiger partial charge is 0.0591 e. The first-order valence-corrected chi connectivity index (χ1v) is 7.10. The normalized spacial score (nSPS) is 14.3. The average Bonchev–Trinajstić information content (AvgIpc) is 3.02. The van der Waals surface area contributed by atoms with Gasteiger partial charge in [0, 0.05) is 31.5 Å². The van der Waals surface area contributed by atoms with Gasteiger partial charge in [0.1, 0.15) is 0 Å². The Kier molecular flexibility index (Phi) is 3.72. The van der Waals surface area contributed by atoms with Crippen molar-refractivity contribution in [1.29, 1.82) is 0 Å². The molecule has 104 valence electrons. The molecule has 3 rings (SSSR count). The zero-order valence-electron chi connectivity index (χ0n) is 11.8. The molecule has 0 aliphatic carbocycles. The molecule has 0 radical (unpaired) electrons. The number of aromatic nitrogens is 1. The van der Waals surface area contributed by atoms with Gasteiger partial charge in [-0.3, -0.25) is 4.98 Å². The van der Waals surface area contributed by atoms with Crippen molar-refractivity contribution in [3.63, 3.8) is 0 Å². The maximum atomic E-state index is 4.20. The number of hydrogen-bond donors (Lipinski definition) is 2. The Labute approximate surface area is 119 Å². The van der Waals surface area contributed by atoms with Gasteiger partial charge in [-0.05, 0) is 43.2 Å². The largest absolute Gasteiger partial charge is 0.387 e. The molecule has 0 amide bonds. The SMILES string of the molecule is CNc1cncc(Nc2ccc(N3CCCC3)cc2)c1. The molecule has 2 N–H and O–H groups in total. The quantitative estimate of drug-likeness (QED) is 0.891. The Morgan fingerprint density at radius 1 is 0.950 bits per heavy atom. The lowest BCUT2D eigenvalue weighted by Gasteiger charge is -2.18. The van der Waals surface area contributed by atoms with E-state index in [1.807, 2.05) is 25.5 Å². The summed E-state index contributed by atoms with van der Waals surface area (Å²) < 4.78 is 0. The Bertz CT molecular complexity index is 559. The average molecular weight is 268 g/mol. The van der Waals surface area contributed by atoms with Crippen molar-refractivity contribution in [2.45, 2.75) is 12.8 Å². The van der Waals surface area contributed by atoms with Crippen LogP contribution in [0.1, 0.15) is 12.8 Å². The lowest BCUT2D eigenvalue weighted by atomic mass is 10.2. The summed E-state index contributed by atoms with van der Waals surface area (Å²) in [5, 5.41) is 6.47. The lowest BCUT2D eigenvalue weighted by Crippen LogP contribution is -2.17. The number of nitrogens with zero attached hydrogens (tertiary/aromatic N) is 2. The fourth-order valence-electron chi connectivity index (χ4n) is 2.54. The first-order chi connectivity index (χ1) is 9.85. The molecule has 20 heavy (non-hydrogen) atoms. The fourth-order valence-corrected chi connectivity index (χ4v) is 2.54. The van der Waals surface area contributed by atoms with E-state index in [0.717, 1.165) is 17.1 Å². The number of hydrogen-bond acceptors (Lipinski definition) is 4. The first-order valence-electron chi connectivity index (χ1n) is 7.10. The van der Waals surface area contributed by atoms with Crippen LogP contribution in [0.5, 0.6) is 0 Å². The Morgan fingerprint density at radius 3 is 2.35 bits per heavy atom. The van der Waals surface area contributed by atoms with Crippen molar-refractivity contribution in [3.05, 3.63) is 42.7 Å². The van der Waals surface area contributed by atoms with E-state index in [0.29, 0.717) is 0 Å². The first kappa shape index (κ1) is 12.8. The summed E-state index contributed by atoms with van der Waals surface area (Å²) >= 11 is 0. The van der Waals surface area contributed by atoms with Crippen LogP contribution in [0.3, 0.4) is 0 Å². The molecule has 2 heterocycles. The molecule has 0 spiro atoms. The summed E-state index contributed by atoms with van der Waals surface area (Å²) in [5.41, 5.74) is 4.40. The highest BCUT2D eigenvalue weighted by Crippen LogP contribution is 2.24. The predicted octanol–water partition coefficient (Wildman–Crippen LogP) is 3.47. The third-order valence-electron chi connectivity index (χ3n) is 3.65. The zero-order valence-corrected chi connectivity index (χ0v) is 11.8. The minimum Gasteiger partial charge on any atom is -0.387 e. The molecule has 0 unspecified atom stereocenters. The van der Waals surface area contributed by atoms with E-state index in [4.69, 9.17) is 0 Å². The summed E-state index contributed by atoms with van der Waals surface area (Å²) in [6.07, 6.45) is 6.25. The van der Waals surface area contributed by atoms with Gasteiger partial charge in [0.15, 0.2) is 0 Å². The minimum atomic E-state index is 0.991. The third kappa shape index (κ3) is 2.85. The molecule has 1 fully saturated rings. The fraction of sp³-hybridized carbons (Fsp3) is 0.312. The van der Waals surface area contributed by atoms with Crippen LogP contribution in [0.2, 0.25) is 0 Å². The van der Waals surface area contributed by atoms with Gasteiger partial charge in [-0.25, -0.2) is 0 Å². The van der Waals surface area contributed by atoms with Crippen LogP contribution < -0.4 is 15.5 Å². The van der Waals surface area contributed by atoms with Gasteiger partial charge < -0.3 is 15.5 Å². The van der Waals surface area contributed by atoms with E-state index < -0.39 is 0 Å². The highest BCUT2D eigenvalue weighted by Gasteiger charge is 2.11. The second kappa shape index (κ2) is 5.82. The van der Waals surface area contributed by atoms with Crippen LogP contribution in [0.25, 0.3) is 0 Å². The molecular formula is C16H20N4. The second-order valence-corrected chi connectivity index (χ2v) is 5.08. The van der Waals surface area contributed by atoms with E-state index >= 15 is 0 Å². The summed E-state index contributed by atoms with van der Waals surface area (Å²) in [6.45, 7) is 2.36. The molecule has 1 saturated heterocycles.